The average Bonchev–Trinajstić information content (AvgIpc) is 2.74. The number of benzene rings is 3. The van der Waals surface area contributed by atoms with E-state index in [1.165, 1.54) is 44.2 Å². The molecule has 0 atom stereocenters. The predicted molar refractivity (Wildman–Crippen MR) is 147 cm³/mol. The van der Waals surface area contributed by atoms with E-state index < -0.39 is 7.92 Å². The Morgan fingerprint density at radius 3 is 1.25 bits per heavy atom. The van der Waals surface area contributed by atoms with Gasteiger partial charge in [0.15, 0.2) is 0 Å². The highest BCUT2D eigenvalue weighted by Crippen LogP contribution is 2.44. The topological polar surface area (TPSA) is 13.0 Å². The minimum absolute atomic E-state index is 0.792. The van der Waals surface area contributed by atoms with E-state index >= 15 is 0 Å². The molecule has 0 fully saturated rings. The van der Waals surface area contributed by atoms with Gasteiger partial charge in [-0.25, -0.2) is 0 Å². The van der Waals surface area contributed by atoms with Crippen molar-refractivity contribution >= 4 is 46.6 Å². The van der Waals surface area contributed by atoms with E-state index in [1.54, 1.807) is 0 Å². The Kier molecular flexibility index (Phi) is 7.36. The first kappa shape index (κ1) is 23.9. The Balaban J connectivity index is 2.45. The van der Waals surface area contributed by atoms with Crippen LogP contribution < -0.4 is 35.5 Å². The van der Waals surface area contributed by atoms with Crippen molar-refractivity contribution in [3.8, 4) is 0 Å². The first-order valence-corrected chi connectivity index (χ1v) is 12.3. The van der Waals surface area contributed by atoms with E-state index in [0.717, 1.165) is 0 Å². The summed E-state index contributed by atoms with van der Waals surface area (Å²) < 4.78 is 0. The zero-order chi connectivity index (χ0) is 23.6. The molecule has 0 aliphatic carbocycles. The number of rotatable bonds is 7. The van der Waals surface area contributed by atoms with Crippen molar-refractivity contribution < 1.29 is 0 Å². The molecule has 32 heavy (non-hydrogen) atoms. The first-order chi connectivity index (χ1) is 15.1. The van der Waals surface area contributed by atoms with Crippen LogP contribution in [-0.4, -0.2) is 56.4 Å². The summed E-state index contributed by atoms with van der Waals surface area (Å²) in [4.78, 5) is 8.97. The molecule has 0 aliphatic heterocycles. The second kappa shape index (κ2) is 9.83. The summed E-state index contributed by atoms with van der Waals surface area (Å²) in [6.07, 6.45) is 0. The summed E-state index contributed by atoms with van der Waals surface area (Å²) in [7, 11) is 16.3. The van der Waals surface area contributed by atoms with Crippen LogP contribution in [0.1, 0.15) is 5.56 Å². The Bertz CT molecular complexity index is 1010. The third-order valence-electron chi connectivity index (χ3n) is 5.68. The third-order valence-corrected chi connectivity index (χ3v) is 8.35. The number of anilines is 4. The van der Waals surface area contributed by atoms with Gasteiger partial charge in [-0.3, -0.25) is 0 Å². The van der Waals surface area contributed by atoms with Crippen LogP contribution in [0.25, 0.3) is 0 Å². The quantitative estimate of drug-likeness (QED) is 0.506. The summed E-state index contributed by atoms with van der Waals surface area (Å²) >= 11 is 0. The highest BCUT2D eigenvalue weighted by atomic mass is 31.1. The van der Waals surface area contributed by atoms with Gasteiger partial charge in [0.1, 0.15) is 0 Å². The lowest BCUT2D eigenvalue weighted by Crippen LogP contribution is -2.32. The SMILES string of the molecule is Cc1ccccc1P(c1cccc(N(C)C)c1N(C)C)c1cccc(N(C)C)c1N(C)C. The van der Waals surface area contributed by atoms with Crippen molar-refractivity contribution in [2.24, 2.45) is 0 Å². The molecule has 170 valence electrons. The molecule has 0 radical (unpaired) electrons. The summed E-state index contributed by atoms with van der Waals surface area (Å²) in [5.74, 6) is 0. The zero-order valence-electron chi connectivity index (χ0n) is 21.0. The molecule has 3 aromatic rings. The van der Waals surface area contributed by atoms with E-state index in [0.29, 0.717) is 0 Å². The van der Waals surface area contributed by atoms with Gasteiger partial charge in [-0.2, -0.15) is 0 Å². The van der Waals surface area contributed by atoms with Crippen molar-refractivity contribution in [2.75, 3.05) is 76.0 Å². The molecule has 0 aliphatic rings. The van der Waals surface area contributed by atoms with Crippen molar-refractivity contribution in [1.82, 2.24) is 0 Å². The Labute approximate surface area is 195 Å². The lowest BCUT2D eigenvalue weighted by Gasteiger charge is -2.33. The van der Waals surface area contributed by atoms with Crippen LogP contribution >= 0.6 is 7.92 Å². The molecule has 5 heteroatoms. The van der Waals surface area contributed by atoms with Crippen LogP contribution in [0, 0.1) is 6.92 Å². The Hall–Kier alpha value is -2.71. The summed E-state index contributed by atoms with van der Waals surface area (Å²) in [5, 5.41) is 4.16. The second-order valence-corrected chi connectivity index (χ2v) is 11.1. The third kappa shape index (κ3) is 4.56. The monoisotopic (exact) mass is 448 g/mol. The lowest BCUT2D eigenvalue weighted by atomic mass is 10.2. The molecule has 0 saturated carbocycles. The molecular weight excluding hydrogens is 411 g/mol. The van der Waals surface area contributed by atoms with Crippen LogP contribution in [0.4, 0.5) is 22.7 Å². The van der Waals surface area contributed by atoms with Gasteiger partial charge in [0.2, 0.25) is 0 Å². The number of hydrogen-bond donors (Lipinski definition) is 0. The fourth-order valence-electron chi connectivity index (χ4n) is 4.24. The molecule has 0 unspecified atom stereocenters. The molecule has 0 saturated heterocycles. The first-order valence-electron chi connectivity index (χ1n) is 11.0. The molecule has 0 amide bonds. The van der Waals surface area contributed by atoms with E-state index in [4.69, 9.17) is 0 Å². The fraction of sp³-hybridized carbons (Fsp3) is 0.333. The van der Waals surface area contributed by atoms with Gasteiger partial charge in [0, 0.05) is 67.0 Å². The van der Waals surface area contributed by atoms with E-state index in [-0.39, 0.29) is 0 Å². The smallest absolute Gasteiger partial charge is 0.0683 e. The van der Waals surface area contributed by atoms with Gasteiger partial charge in [-0.1, -0.05) is 48.5 Å². The van der Waals surface area contributed by atoms with Crippen molar-refractivity contribution in [3.05, 3.63) is 66.2 Å². The number of hydrogen-bond acceptors (Lipinski definition) is 4. The molecule has 0 bridgehead atoms. The highest BCUT2D eigenvalue weighted by molar-refractivity contribution is 7.80. The van der Waals surface area contributed by atoms with Gasteiger partial charge >= 0.3 is 0 Å². The van der Waals surface area contributed by atoms with Gasteiger partial charge in [0.25, 0.3) is 0 Å². The maximum Gasteiger partial charge on any atom is 0.0683 e. The highest BCUT2D eigenvalue weighted by Gasteiger charge is 2.28. The lowest BCUT2D eigenvalue weighted by molar-refractivity contribution is 1.08. The van der Waals surface area contributed by atoms with Gasteiger partial charge in [0.05, 0.1) is 22.7 Å². The maximum atomic E-state index is 2.32. The number of nitrogens with zero attached hydrogens (tertiary/aromatic N) is 4. The average molecular weight is 449 g/mol. The Morgan fingerprint density at radius 1 is 0.469 bits per heavy atom. The van der Waals surface area contributed by atoms with Gasteiger partial charge in [-0.15, -0.1) is 0 Å². The number of aryl methyl sites for hydroxylation is 1. The molecule has 0 spiro atoms. The standard InChI is InChI=1S/C27H37N4P/c1-20-14-10-11-17-23(20)32(24-18-12-15-21(28(2)3)26(24)30(6)7)25-19-13-16-22(29(4)5)27(25)31(8)9/h10-19H,1-9H3. The fourth-order valence-corrected chi connectivity index (χ4v) is 7.21. The van der Waals surface area contributed by atoms with E-state index in [2.05, 4.69) is 144 Å². The summed E-state index contributed by atoms with van der Waals surface area (Å²) in [5.41, 5.74) is 6.38. The van der Waals surface area contributed by atoms with Crippen LogP contribution in [-0.2, 0) is 0 Å². The Morgan fingerprint density at radius 2 is 0.875 bits per heavy atom. The molecule has 4 nitrogen and oxygen atoms in total. The zero-order valence-corrected chi connectivity index (χ0v) is 21.9. The van der Waals surface area contributed by atoms with Gasteiger partial charge in [-0.05, 0) is 37.8 Å². The van der Waals surface area contributed by atoms with Crippen LogP contribution in [0.15, 0.2) is 60.7 Å². The molecule has 3 rings (SSSR count). The molecule has 3 aromatic carbocycles. The van der Waals surface area contributed by atoms with Crippen LogP contribution in [0.2, 0.25) is 0 Å². The largest absolute Gasteiger partial charge is 0.376 e. The van der Waals surface area contributed by atoms with E-state index in [9.17, 15) is 0 Å². The predicted octanol–water partition coefficient (Wildman–Crippen LogP) is 4.02. The molecule has 0 heterocycles. The van der Waals surface area contributed by atoms with Crippen molar-refractivity contribution in [2.45, 2.75) is 6.92 Å². The summed E-state index contributed by atoms with van der Waals surface area (Å²) in [6, 6.07) is 22.3. The maximum absolute atomic E-state index is 2.32. The normalized spacial score (nSPS) is 10.9. The molecular formula is C27H37N4P. The second-order valence-electron chi connectivity index (χ2n) is 8.99. The van der Waals surface area contributed by atoms with Crippen molar-refractivity contribution in [3.63, 3.8) is 0 Å². The molecule has 0 N–H and O–H groups in total. The molecule has 0 aromatic heterocycles. The summed E-state index contributed by atoms with van der Waals surface area (Å²) in [6.45, 7) is 2.24. The van der Waals surface area contributed by atoms with Gasteiger partial charge < -0.3 is 19.6 Å². The van der Waals surface area contributed by atoms with Crippen molar-refractivity contribution in [1.29, 1.82) is 0 Å². The van der Waals surface area contributed by atoms with E-state index in [1.807, 2.05) is 0 Å². The van der Waals surface area contributed by atoms with Crippen LogP contribution in [0.3, 0.4) is 0 Å². The van der Waals surface area contributed by atoms with Crippen LogP contribution in [0.5, 0.6) is 0 Å². The minimum atomic E-state index is -0.792. The number of para-hydroxylation sites is 2. The minimum Gasteiger partial charge on any atom is -0.376 e.